The molecule has 0 unspecified atom stereocenters. The molecule has 0 atom stereocenters. The van der Waals surface area contributed by atoms with E-state index in [1.807, 2.05) is 0 Å². The van der Waals surface area contributed by atoms with Crippen LogP contribution in [-0.2, 0) is 19.5 Å². The molecule has 2 aromatic rings. The topological polar surface area (TPSA) is 82.1 Å². The molecule has 0 amide bonds. The van der Waals surface area contributed by atoms with Crippen molar-refractivity contribution in [3.8, 4) is 0 Å². The Balaban J connectivity index is 1.54. The summed E-state index contributed by atoms with van der Waals surface area (Å²) in [6, 6.07) is 3.30. The SMILES string of the molecule is O=C(O)c1cccnc1CN1CCc2[nH]nc(C3CCC3)c2C1. The van der Waals surface area contributed by atoms with Crippen LogP contribution in [0.3, 0.4) is 0 Å². The number of carbonyl (C=O) groups is 1. The maximum Gasteiger partial charge on any atom is 0.337 e. The molecule has 0 radical (unpaired) electrons. The van der Waals surface area contributed by atoms with Gasteiger partial charge in [-0.25, -0.2) is 4.79 Å². The summed E-state index contributed by atoms with van der Waals surface area (Å²) in [5.41, 5.74) is 4.74. The molecule has 0 saturated heterocycles. The fourth-order valence-electron chi connectivity index (χ4n) is 3.50. The van der Waals surface area contributed by atoms with Crippen molar-refractivity contribution in [2.24, 2.45) is 0 Å². The summed E-state index contributed by atoms with van der Waals surface area (Å²) in [6.45, 7) is 2.29. The normalized spacial score (nSPS) is 18.4. The number of aromatic carboxylic acids is 1. The first kappa shape index (κ1) is 14.4. The Hall–Kier alpha value is -2.21. The zero-order chi connectivity index (χ0) is 15.8. The van der Waals surface area contributed by atoms with E-state index in [-0.39, 0.29) is 0 Å². The number of aromatic amines is 1. The number of nitrogens with one attached hydrogen (secondary N) is 1. The molecule has 2 aliphatic rings. The number of fused-ring (bicyclic) bond motifs is 1. The fraction of sp³-hybridized carbons (Fsp3) is 0.471. The summed E-state index contributed by atoms with van der Waals surface area (Å²) in [6.07, 6.45) is 6.37. The van der Waals surface area contributed by atoms with Crippen LogP contribution in [0.2, 0.25) is 0 Å². The first-order chi connectivity index (χ1) is 11.2. The number of carboxylic acid groups (broad SMARTS) is 1. The molecule has 1 aliphatic carbocycles. The number of rotatable bonds is 4. The minimum atomic E-state index is -0.913. The highest BCUT2D eigenvalue weighted by molar-refractivity contribution is 5.88. The van der Waals surface area contributed by atoms with E-state index in [1.165, 1.54) is 36.2 Å². The second-order valence-electron chi connectivity index (χ2n) is 6.46. The molecule has 0 spiro atoms. The van der Waals surface area contributed by atoms with Crippen molar-refractivity contribution in [2.75, 3.05) is 6.54 Å². The molecule has 2 N–H and O–H groups in total. The van der Waals surface area contributed by atoms with Gasteiger partial charge in [0.05, 0.1) is 17.0 Å². The van der Waals surface area contributed by atoms with E-state index < -0.39 is 5.97 Å². The summed E-state index contributed by atoms with van der Waals surface area (Å²) >= 11 is 0. The van der Waals surface area contributed by atoms with Crippen LogP contribution in [0.25, 0.3) is 0 Å². The molecule has 0 aromatic carbocycles. The molecular formula is C17H20N4O2. The van der Waals surface area contributed by atoms with Crippen LogP contribution in [0.15, 0.2) is 18.3 Å². The Morgan fingerprint density at radius 2 is 2.30 bits per heavy atom. The number of H-pyrrole nitrogens is 1. The van der Waals surface area contributed by atoms with Gasteiger partial charge in [0.25, 0.3) is 0 Å². The zero-order valence-electron chi connectivity index (χ0n) is 13.0. The molecule has 3 heterocycles. The Bertz CT molecular complexity index is 736. The Labute approximate surface area is 134 Å². The van der Waals surface area contributed by atoms with E-state index in [0.717, 1.165) is 19.5 Å². The van der Waals surface area contributed by atoms with Gasteiger partial charge in [0.2, 0.25) is 0 Å². The lowest BCUT2D eigenvalue weighted by Gasteiger charge is -2.30. The highest BCUT2D eigenvalue weighted by Crippen LogP contribution is 2.38. The third-order valence-electron chi connectivity index (χ3n) is 5.03. The van der Waals surface area contributed by atoms with Crippen LogP contribution in [-0.4, -0.2) is 37.7 Å². The Morgan fingerprint density at radius 1 is 1.43 bits per heavy atom. The quantitative estimate of drug-likeness (QED) is 0.905. The van der Waals surface area contributed by atoms with E-state index in [2.05, 4.69) is 20.1 Å². The van der Waals surface area contributed by atoms with Gasteiger partial charge in [0.1, 0.15) is 0 Å². The van der Waals surface area contributed by atoms with Gasteiger partial charge in [-0.2, -0.15) is 5.10 Å². The van der Waals surface area contributed by atoms with Gasteiger partial charge in [0.15, 0.2) is 0 Å². The van der Waals surface area contributed by atoms with Crippen LogP contribution < -0.4 is 0 Å². The summed E-state index contributed by atoms with van der Waals surface area (Å²) in [4.78, 5) is 17.9. The van der Waals surface area contributed by atoms with Gasteiger partial charge in [-0.1, -0.05) is 6.42 Å². The van der Waals surface area contributed by atoms with E-state index in [9.17, 15) is 9.90 Å². The lowest BCUT2D eigenvalue weighted by Crippen LogP contribution is -2.31. The van der Waals surface area contributed by atoms with E-state index in [4.69, 9.17) is 0 Å². The number of hydrogen-bond acceptors (Lipinski definition) is 4. The van der Waals surface area contributed by atoms with Gasteiger partial charge < -0.3 is 5.11 Å². The largest absolute Gasteiger partial charge is 0.478 e. The van der Waals surface area contributed by atoms with Crippen molar-refractivity contribution in [2.45, 2.75) is 44.7 Å². The predicted octanol–water partition coefficient (Wildman–Crippen LogP) is 2.33. The molecule has 6 heteroatoms. The van der Waals surface area contributed by atoms with Crippen molar-refractivity contribution in [3.05, 3.63) is 46.5 Å². The van der Waals surface area contributed by atoms with E-state index in [0.29, 0.717) is 23.7 Å². The summed E-state index contributed by atoms with van der Waals surface area (Å²) in [7, 11) is 0. The number of hydrogen-bond donors (Lipinski definition) is 2. The first-order valence-electron chi connectivity index (χ1n) is 8.18. The smallest absolute Gasteiger partial charge is 0.337 e. The molecule has 0 bridgehead atoms. The molecular weight excluding hydrogens is 292 g/mol. The molecule has 120 valence electrons. The molecule has 23 heavy (non-hydrogen) atoms. The van der Waals surface area contributed by atoms with E-state index in [1.54, 1.807) is 18.3 Å². The lowest BCUT2D eigenvalue weighted by atomic mass is 9.81. The maximum absolute atomic E-state index is 11.3. The minimum absolute atomic E-state index is 0.296. The van der Waals surface area contributed by atoms with Crippen molar-refractivity contribution in [1.82, 2.24) is 20.1 Å². The molecule has 6 nitrogen and oxygen atoms in total. The second-order valence-corrected chi connectivity index (χ2v) is 6.46. The van der Waals surface area contributed by atoms with Crippen LogP contribution in [0, 0.1) is 0 Å². The van der Waals surface area contributed by atoms with Gasteiger partial charge in [-0.05, 0) is 25.0 Å². The lowest BCUT2D eigenvalue weighted by molar-refractivity contribution is 0.0693. The van der Waals surface area contributed by atoms with Gasteiger partial charge in [0, 0.05) is 49.4 Å². The number of carboxylic acids is 1. The highest BCUT2D eigenvalue weighted by Gasteiger charge is 2.29. The monoisotopic (exact) mass is 312 g/mol. The van der Waals surface area contributed by atoms with Crippen LogP contribution in [0.5, 0.6) is 0 Å². The molecule has 1 fully saturated rings. The average Bonchev–Trinajstić information content (AvgIpc) is 2.89. The maximum atomic E-state index is 11.3. The number of nitrogens with zero attached hydrogens (tertiary/aromatic N) is 3. The van der Waals surface area contributed by atoms with Crippen LogP contribution in [0.1, 0.15) is 58.2 Å². The van der Waals surface area contributed by atoms with Gasteiger partial charge in [-0.3, -0.25) is 15.0 Å². The average molecular weight is 312 g/mol. The van der Waals surface area contributed by atoms with Crippen molar-refractivity contribution < 1.29 is 9.90 Å². The zero-order valence-corrected chi connectivity index (χ0v) is 13.0. The van der Waals surface area contributed by atoms with Crippen molar-refractivity contribution in [1.29, 1.82) is 0 Å². The summed E-state index contributed by atoms with van der Waals surface area (Å²) in [5, 5.41) is 17.1. The standard InChI is InChI=1S/C17H20N4O2/c22-17(23)12-5-2-7-18-15(12)10-21-8-6-14-13(9-21)16(20-19-14)11-3-1-4-11/h2,5,7,11H,1,3-4,6,8-10H2,(H,19,20)(H,22,23). The third-order valence-corrected chi connectivity index (χ3v) is 5.03. The predicted molar refractivity (Wildman–Crippen MR) is 84.2 cm³/mol. The molecule has 1 aliphatic heterocycles. The minimum Gasteiger partial charge on any atom is -0.478 e. The number of pyridine rings is 1. The van der Waals surface area contributed by atoms with Crippen molar-refractivity contribution in [3.63, 3.8) is 0 Å². The van der Waals surface area contributed by atoms with Gasteiger partial charge >= 0.3 is 5.97 Å². The van der Waals surface area contributed by atoms with Crippen molar-refractivity contribution >= 4 is 5.97 Å². The van der Waals surface area contributed by atoms with Crippen LogP contribution in [0.4, 0.5) is 0 Å². The summed E-state index contributed by atoms with van der Waals surface area (Å²) in [5.74, 6) is -0.302. The van der Waals surface area contributed by atoms with E-state index >= 15 is 0 Å². The van der Waals surface area contributed by atoms with Crippen LogP contribution >= 0.6 is 0 Å². The molecule has 4 rings (SSSR count). The third kappa shape index (κ3) is 2.63. The molecule has 2 aromatic heterocycles. The Kier molecular flexibility index (Phi) is 3.61. The highest BCUT2D eigenvalue weighted by atomic mass is 16.4. The second kappa shape index (κ2) is 5.77. The molecule has 1 saturated carbocycles. The number of aromatic nitrogens is 3. The van der Waals surface area contributed by atoms with Gasteiger partial charge in [-0.15, -0.1) is 0 Å². The Morgan fingerprint density at radius 3 is 3.04 bits per heavy atom. The fourth-order valence-corrected chi connectivity index (χ4v) is 3.50. The first-order valence-corrected chi connectivity index (χ1v) is 8.18. The summed E-state index contributed by atoms with van der Waals surface area (Å²) < 4.78 is 0.